The van der Waals surface area contributed by atoms with Gasteiger partial charge in [-0.05, 0) is 49.2 Å². The van der Waals surface area contributed by atoms with E-state index >= 15 is 0 Å². The minimum Gasteiger partial charge on any atom is -0.328 e. The number of para-hydroxylation sites is 1. The third-order valence-corrected chi connectivity index (χ3v) is 3.16. The summed E-state index contributed by atoms with van der Waals surface area (Å²) in [5.74, 6) is -0.270. The number of rotatable bonds is 3. The third-order valence-electron chi connectivity index (χ3n) is 3.16. The molecule has 5 heteroatoms. The molecule has 0 fully saturated rings. The molecule has 0 aliphatic heterocycles. The van der Waals surface area contributed by atoms with Crippen molar-refractivity contribution in [1.82, 2.24) is 15.0 Å². The number of nitrogens with two attached hydrogens (primary N) is 1. The van der Waals surface area contributed by atoms with Crippen molar-refractivity contribution < 1.29 is 4.39 Å². The second kappa shape index (κ2) is 5.02. The highest BCUT2D eigenvalue weighted by atomic mass is 19.1. The first-order valence-corrected chi connectivity index (χ1v) is 6.50. The van der Waals surface area contributed by atoms with Gasteiger partial charge in [0, 0.05) is 6.04 Å². The summed E-state index contributed by atoms with van der Waals surface area (Å²) in [7, 11) is 0. The molecule has 0 amide bonds. The van der Waals surface area contributed by atoms with E-state index in [1.807, 2.05) is 31.2 Å². The summed E-state index contributed by atoms with van der Waals surface area (Å²) in [5, 5.41) is 8.29. The maximum absolute atomic E-state index is 13.5. The minimum atomic E-state index is -0.270. The van der Waals surface area contributed by atoms with Gasteiger partial charge in [-0.3, -0.25) is 0 Å². The van der Waals surface area contributed by atoms with E-state index in [0.717, 1.165) is 22.3 Å². The summed E-state index contributed by atoms with van der Waals surface area (Å²) in [6.45, 7) is 1.90. The lowest BCUT2D eigenvalue weighted by Crippen LogP contribution is -2.19. The van der Waals surface area contributed by atoms with E-state index in [9.17, 15) is 4.39 Å². The number of fused-ring (bicyclic) bond motifs is 1. The van der Waals surface area contributed by atoms with Crippen molar-refractivity contribution >= 4 is 11.0 Å². The lowest BCUT2D eigenvalue weighted by atomic mass is 10.1. The number of hydrogen-bond donors (Lipinski definition) is 1. The zero-order valence-electron chi connectivity index (χ0n) is 11.1. The fourth-order valence-corrected chi connectivity index (χ4v) is 2.32. The molecule has 102 valence electrons. The van der Waals surface area contributed by atoms with E-state index in [-0.39, 0.29) is 11.9 Å². The van der Waals surface area contributed by atoms with Crippen molar-refractivity contribution in [1.29, 1.82) is 0 Å². The Balaban J connectivity index is 2.18. The zero-order valence-corrected chi connectivity index (χ0v) is 11.1. The number of hydrogen-bond acceptors (Lipinski definition) is 3. The number of halogens is 1. The van der Waals surface area contributed by atoms with E-state index in [1.54, 1.807) is 10.7 Å². The van der Waals surface area contributed by atoms with Gasteiger partial charge < -0.3 is 5.73 Å². The molecule has 4 nitrogen and oxygen atoms in total. The highest BCUT2D eigenvalue weighted by Gasteiger charge is 2.12. The van der Waals surface area contributed by atoms with Crippen LogP contribution in [0.25, 0.3) is 16.7 Å². The summed E-state index contributed by atoms with van der Waals surface area (Å²) in [5.41, 5.74) is 9.19. The largest absolute Gasteiger partial charge is 0.328 e. The Hall–Kier alpha value is -2.27. The van der Waals surface area contributed by atoms with Gasteiger partial charge >= 0.3 is 0 Å². The zero-order chi connectivity index (χ0) is 14.1. The molecular weight excluding hydrogens is 255 g/mol. The van der Waals surface area contributed by atoms with E-state index in [2.05, 4.69) is 10.3 Å². The van der Waals surface area contributed by atoms with Crippen LogP contribution in [-0.2, 0) is 6.42 Å². The van der Waals surface area contributed by atoms with Crippen LogP contribution in [0.15, 0.2) is 42.5 Å². The molecule has 3 aromatic rings. The monoisotopic (exact) mass is 270 g/mol. The van der Waals surface area contributed by atoms with Gasteiger partial charge in [0.25, 0.3) is 0 Å². The summed E-state index contributed by atoms with van der Waals surface area (Å²) in [6.07, 6.45) is 0.585. The first-order valence-electron chi connectivity index (χ1n) is 6.50. The first kappa shape index (κ1) is 12.7. The molecular formula is C15H15FN4. The average Bonchev–Trinajstić information content (AvgIpc) is 2.82. The van der Waals surface area contributed by atoms with E-state index in [0.29, 0.717) is 6.42 Å². The van der Waals surface area contributed by atoms with Gasteiger partial charge in [-0.1, -0.05) is 17.3 Å². The summed E-state index contributed by atoms with van der Waals surface area (Å²) in [4.78, 5) is 0. The van der Waals surface area contributed by atoms with Crippen molar-refractivity contribution in [2.75, 3.05) is 0 Å². The molecule has 0 bridgehead atoms. The molecule has 20 heavy (non-hydrogen) atoms. The second-order valence-electron chi connectivity index (χ2n) is 4.94. The topological polar surface area (TPSA) is 56.7 Å². The van der Waals surface area contributed by atoms with Crippen LogP contribution in [0.4, 0.5) is 4.39 Å². The average molecular weight is 270 g/mol. The quantitative estimate of drug-likeness (QED) is 0.795. The van der Waals surface area contributed by atoms with Gasteiger partial charge in [-0.25, -0.2) is 9.07 Å². The van der Waals surface area contributed by atoms with Gasteiger partial charge in [-0.15, -0.1) is 5.10 Å². The Morgan fingerprint density at radius 2 is 2.05 bits per heavy atom. The predicted molar refractivity (Wildman–Crippen MR) is 76.2 cm³/mol. The van der Waals surface area contributed by atoms with Crippen LogP contribution in [-0.4, -0.2) is 21.0 Å². The van der Waals surface area contributed by atoms with Crippen LogP contribution in [0.3, 0.4) is 0 Å². The molecule has 1 unspecified atom stereocenters. The fourth-order valence-electron chi connectivity index (χ4n) is 2.32. The highest BCUT2D eigenvalue weighted by molar-refractivity contribution is 5.76. The molecule has 0 spiro atoms. The van der Waals surface area contributed by atoms with Crippen molar-refractivity contribution in [3.05, 3.63) is 53.8 Å². The van der Waals surface area contributed by atoms with Gasteiger partial charge in [0.2, 0.25) is 0 Å². The molecule has 1 atom stereocenters. The summed E-state index contributed by atoms with van der Waals surface area (Å²) >= 11 is 0. The van der Waals surface area contributed by atoms with Gasteiger partial charge in [0.15, 0.2) is 0 Å². The first-order chi connectivity index (χ1) is 9.65. The van der Waals surface area contributed by atoms with E-state index < -0.39 is 0 Å². The molecule has 0 aliphatic carbocycles. The van der Waals surface area contributed by atoms with Crippen molar-refractivity contribution in [3.63, 3.8) is 0 Å². The molecule has 2 aromatic carbocycles. The minimum absolute atomic E-state index is 0.0506. The highest BCUT2D eigenvalue weighted by Crippen LogP contribution is 2.21. The normalized spacial score (nSPS) is 12.8. The van der Waals surface area contributed by atoms with Crippen molar-refractivity contribution in [2.24, 2.45) is 5.73 Å². The van der Waals surface area contributed by atoms with E-state index in [1.165, 1.54) is 12.1 Å². The lowest BCUT2D eigenvalue weighted by Gasteiger charge is -2.12. The van der Waals surface area contributed by atoms with Crippen LogP contribution >= 0.6 is 0 Å². The summed E-state index contributed by atoms with van der Waals surface area (Å²) in [6, 6.07) is 12.3. The molecule has 0 saturated heterocycles. The Morgan fingerprint density at radius 3 is 2.85 bits per heavy atom. The lowest BCUT2D eigenvalue weighted by molar-refractivity contribution is 0.620. The van der Waals surface area contributed by atoms with Gasteiger partial charge in [0.05, 0.1) is 11.2 Å². The molecule has 1 aromatic heterocycles. The number of benzene rings is 2. The molecule has 0 radical (unpaired) electrons. The molecule has 1 heterocycles. The third kappa shape index (κ3) is 2.28. The Morgan fingerprint density at radius 1 is 1.25 bits per heavy atom. The van der Waals surface area contributed by atoms with Crippen LogP contribution in [0.2, 0.25) is 0 Å². The fraction of sp³-hybridized carbons (Fsp3) is 0.200. The maximum atomic E-state index is 13.5. The molecule has 0 saturated carbocycles. The van der Waals surface area contributed by atoms with Crippen molar-refractivity contribution in [2.45, 2.75) is 19.4 Å². The standard InChI is InChI=1S/C15H15FN4/c1-10(17)8-11-9-12(16)6-7-14(11)20-15-5-3-2-4-13(15)18-19-20/h2-7,9-10H,8,17H2,1H3. The van der Waals surface area contributed by atoms with Crippen LogP contribution in [0.1, 0.15) is 12.5 Å². The number of nitrogens with zero attached hydrogens (tertiary/aromatic N) is 3. The maximum Gasteiger partial charge on any atom is 0.123 e. The van der Waals surface area contributed by atoms with E-state index in [4.69, 9.17) is 5.73 Å². The van der Waals surface area contributed by atoms with Crippen molar-refractivity contribution in [3.8, 4) is 5.69 Å². The van der Waals surface area contributed by atoms with Crippen LogP contribution in [0, 0.1) is 5.82 Å². The summed E-state index contributed by atoms with van der Waals surface area (Å²) < 4.78 is 15.2. The SMILES string of the molecule is CC(N)Cc1cc(F)ccc1-n1nnc2ccccc21. The molecule has 3 rings (SSSR count). The predicted octanol–water partition coefficient (Wildman–Crippen LogP) is 2.45. The Kier molecular flexibility index (Phi) is 3.20. The Labute approximate surface area is 116 Å². The smallest absolute Gasteiger partial charge is 0.123 e. The van der Waals surface area contributed by atoms with Gasteiger partial charge in [-0.2, -0.15) is 0 Å². The second-order valence-corrected chi connectivity index (χ2v) is 4.94. The van der Waals surface area contributed by atoms with Crippen LogP contribution < -0.4 is 5.73 Å². The number of aromatic nitrogens is 3. The van der Waals surface area contributed by atoms with Gasteiger partial charge in [0.1, 0.15) is 11.3 Å². The van der Waals surface area contributed by atoms with Crippen LogP contribution in [0.5, 0.6) is 0 Å². The Bertz CT molecular complexity index is 748. The molecule has 0 aliphatic rings. The molecule has 2 N–H and O–H groups in total.